The summed E-state index contributed by atoms with van der Waals surface area (Å²) in [6.45, 7) is 1.27. The Morgan fingerprint density at radius 1 is 1.12 bits per heavy atom. The minimum absolute atomic E-state index is 0.260. The van der Waals surface area contributed by atoms with E-state index >= 15 is 0 Å². The highest BCUT2D eigenvalue weighted by atomic mass is 79.9. The predicted octanol–water partition coefficient (Wildman–Crippen LogP) is 4.15. The Bertz CT molecular complexity index is 745. The van der Waals surface area contributed by atoms with Gasteiger partial charge in [0.2, 0.25) is 0 Å². The molecule has 4 nitrogen and oxygen atoms in total. The van der Waals surface area contributed by atoms with Gasteiger partial charge in [-0.1, -0.05) is 41.1 Å². The van der Waals surface area contributed by atoms with Crippen LogP contribution in [0.15, 0.2) is 46.9 Å². The fourth-order valence-corrected chi connectivity index (χ4v) is 2.51. The van der Waals surface area contributed by atoms with E-state index in [2.05, 4.69) is 21.2 Å². The summed E-state index contributed by atoms with van der Waals surface area (Å²) in [5.74, 6) is -3.85. The molecule has 0 aliphatic carbocycles. The topological polar surface area (TPSA) is 55.4 Å². The van der Waals surface area contributed by atoms with E-state index in [1.165, 1.54) is 0 Å². The first-order valence-corrected chi connectivity index (χ1v) is 8.37. The third-order valence-corrected chi connectivity index (χ3v) is 4.05. The molecule has 0 spiro atoms. The molecule has 25 heavy (non-hydrogen) atoms. The number of ether oxygens (including phenoxy) is 1. The van der Waals surface area contributed by atoms with Gasteiger partial charge in [-0.3, -0.25) is 4.79 Å². The third-order valence-electron chi connectivity index (χ3n) is 3.52. The summed E-state index contributed by atoms with van der Waals surface area (Å²) in [5.41, 5.74) is 0.0841. The minimum Gasteiger partial charge on any atom is -0.452 e. The zero-order valence-corrected chi connectivity index (χ0v) is 15.0. The van der Waals surface area contributed by atoms with E-state index in [4.69, 9.17) is 4.74 Å². The number of benzene rings is 2. The number of hydrogen-bond acceptors (Lipinski definition) is 3. The lowest BCUT2D eigenvalue weighted by molar-refractivity contribution is -0.125. The maximum absolute atomic E-state index is 13.5. The molecule has 0 fully saturated rings. The molecule has 2 rings (SSSR count). The zero-order chi connectivity index (χ0) is 18.4. The second-order valence-electron chi connectivity index (χ2n) is 5.25. The van der Waals surface area contributed by atoms with Gasteiger partial charge in [-0.25, -0.2) is 13.6 Å². The van der Waals surface area contributed by atoms with Gasteiger partial charge in [0.25, 0.3) is 5.91 Å². The van der Waals surface area contributed by atoms with Crippen molar-refractivity contribution in [2.24, 2.45) is 0 Å². The highest BCUT2D eigenvalue weighted by Gasteiger charge is 2.20. The van der Waals surface area contributed by atoms with Crippen LogP contribution in [-0.4, -0.2) is 18.5 Å². The van der Waals surface area contributed by atoms with Crippen LogP contribution in [0.2, 0.25) is 0 Å². The van der Waals surface area contributed by atoms with E-state index in [-0.39, 0.29) is 6.04 Å². The van der Waals surface area contributed by atoms with Crippen LogP contribution in [0.25, 0.3) is 0 Å². The van der Waals surface area contributed by atoms with Crippen molar-refractivity contribution in [1.29, 1.82) is 0 Å². The average Bonchev–Trinajstić information content (AvgIpc) is 2.58. The third kappa shape index (κ3) is 5.09. The standard InChI is InChI=1S/C18H16BrF2NO3/c1-2-15(11-6-8-12(19)9-7-11)22-16(23)10-25-18(24)17-13(20)4-3-5-14(17)21/h3-9,15H,2,10H2,1H3,(H,22,23)/t15-/m0/s1. The molecular weight excluding hydrogens is 396 g/mol. The highest BCUT2D eigenvalue weighted by molar-refractivity contribution is 9.10. The number of esters is 1. The molecule has 7 heteroatoms. The molecule has 1 atom stereocenters. The number of nitrogens with one attached hydrogen (secondary N) is 1. The van der Waals surface area contributed by atoms with Crippen LogP contribution in [0, 0.1) is 11.6 Å². The van der Waals surface area contributed by atoms with Crippen LogP contribution >= 0.6 is 15.9 Å². The Morgan fingerprint density at radius 2 is 1.72 bits per heavy atom. The molecular formula is C18H16BrF2NO3. The van der Waals surface area contributed by atoms with Gasteiger partial charge in [-0.05, 0) is 36.2 Å². The van der Waals surface area contributed by atoms with Gasteiger partial charge >= 0.3 is 5.97 Å². The van der Waals surface area contributed by atoms with Crippen LogP contribution in [0.3, 0.4) is 0 Å². The molecule has 0 aliphatic heterocycles. The maximum Gasteiger partial charge on any atom is 0.344 e. The summed E-state index contributed by atoms with van der Waals surface area (Å²) in [6, 6.07) is 10.2. The molecule has 132 valence electrons. The summed E-state index contributed by atoms with van der Waals surface area (Å²) in [5, 5.41) is 2.72. The SMILES string of the molecule is CC[C@H](NC(=O)COC(=O)c1c(F)cccc1F)c1ccc(Br)cc1. The van der Waals surface area contributed by atoms with E-state index in [1.807, 2.05) is 31.2 Å². The molecule has 0 unspecified atom stereocenters. The van der Waals surface area contributed by atoms with E-state index in [1.54, 1.807) is 0 Å². The second-order valence-corrected chi connectivity index (χ2v) is 6.17. The van der Waals surface area contributed by atoms with Crippen LogP contribution in [0.5, 0.6) is 0 Å². The molecule has 1 amide bonds. The fourth-order valence-electron chi connectivity index (χ4n) is 2.25. The van der Waals surface area contributed by atoms with Gasteiger partial charge in [0, 0.05) is 4.47 Å². The lowest BCUT2D eigenvalue weighted by Crippen LogP contribution is -2.32. The summed E-state index contributed by atoms with van der Waals surface area (Å²) >= 11 is 3.34. The van der Waals surface area contributed by atoms with Crippen LogP contribution in [0.1, 0.15) is 35.3 Å². The van der Waals surface area contributed by atoms with Gasteiger partial charge in [0.1, 0.15) is 17.2 Å². The van der Waals surface area contributed by atoms with E-state index in [0.29, 0.717) is 6.42 Å². The molecule has 2 aromatic carbocycles. The molecule has 0 saturated heterocycles. The monoisotopic (exact) mass is 411 g/mol. The molecule has 0 aliphatic rings. The fraction of sp³-hybridized carbons (Fsp3) is 0.222. The number of carbonyl (C=O) groups excluding carboxylic acids is 2. The number of rotatable bonds is 6. The maximum atomic E-state index is 13.5. The first-order valence-electron chi connectivity index (χ1n) is 7.58. The number of halogens is 3. The summed E-state index contributed by atoms with van der Waals surface area (Å²) in [6.07, 6.45) is 0.628. The zero-order valence-electron chi connectivity index (χ0n) is 13.4. The smallest absolute Gasteiger partial charge is 0.344 e. The normalized spacial score (nSPS) is 11.7. The molecule has 0 saturated carbocycles. The molecule has 2 aromatic rings. The van der Waals surface area contributed by atoms with Crippen molar-refractivity contribution in [2.75, 3.05) is 6.61 Å². The van der Waals surface area contributed by atoms with Gasteiger partial charge in [-0.2, -0.15) is 0 Å². The Hall–Kier alpha value is -2.28. The Balaban J connectivity index is 1.95. The average molecular weight is 412 g/mol. The minimum atomic E-state index is -1.22. The highest BCUT2D eigenvalue weighted by Crippen LogP contribution is 2.19. The Labute approximate surface area is 152 Å². The van der Waals surface area contributed by atoms with E-state index in [9.17, 15) is 18.4 Å². The molecule has 0 heterocycles. The van der Waals surface area contributed by atoms with Gasteiger partial charge in [0.05, 0.1) is 6.04 Å². The second kappa shape index (κ2) is 8.71. The lowest BCUT2D eigenvalue weighted by atomic mass is 10.0. The summed E-state index contributed by atoms with van der Waals surface area (Å²) in [7, 11) is 0. The number of amides is 1. The number of hydrogen-bond donors (Lipinski definition) is 1. The molecule has 0 aromatic heterocycles. The summed E-state index contributed by atoms with van der Waals surface area (Å²) in [4.78, 5) is 23.7. The van der Waals surface area contributed by atoms with Crippen molar-refractivity contribution < 1.29 is 23.1 Å². The van der Waals surface area contributed by atoms with Crippen molar-refractivity contribution in [3.63, 3.8) is 0 Å². The van der Waals surface area contributed by atoms with Gasteiger partial charge in [0.15, 0.2) is 6.61 Å². The van der Waals surface area contributed by atoms with E-state index < -0.39 is 35.7 Å². The van der Waals surface area contributed by atoms with Crippen LogP contribution < -0.4 is 5.32 Å². The van der Waals surface area contributed by atoms with Crippen molar-refractivity contribution in [2.45, 2.75) is 19.4 Å². The first-order chi connectivity index (χ1) is 11.9. The van der Waals surface area contributed by atoms with Gasteiger partial charge in [-0.15, -0.1) is 0 Å². The quantitative estimate of drug-likeness (QED) is 0.726. The van der Waals surface area contributed by atoms with Crippen molar-refractivity contribution in [1.82, 2.24) is 5.32 Å². The van der Waals surface area contributed by atoms with Crippen LogP contribution in [-0.2, 0) is 9.53 Å². The van der Waals surface area contributed by atoms with E-state index in [0.717, 1.165) is 28.2 Å². The predicted molar refractivity (Wildman–Crippen MR) is 92.0 cm³/mol. The molecule has 0 bridgehead atoms. The Morgan fingerprint density at radius 3 is 2.28 bits per heavy atom. The van der Waals surface area contributed by atoms with Gasteiger partial charge < -0.3 is 10.1 Å². The van der Waals surface area contributed by atoms with Crippen LogP contribution in [0.4, 0.5) is 8.78 Å². The first kappa shape index (κ1) is 19.1. The Kier molecular flexibility index (Phi) is 6.64. The largest absolute Gasteiger partial charge is 0.452 e. The summed E-state index contributed by atoms with van der Waals surface area (Å²) < 4.78 is 32.6. The molecule has 0 radical (unpaired) electrons. The van der Waals surface area contributed by atoms with Crippen molar-refractivity contribution in [3.05, 3.63) is 69.7 Å². The lowest BCUT2D eigenvalue weighted by Gasteiger charge is -2.17. The van der Waals surface area contributed by atoms with Crippen molar-refractivity contribution in [3.8, 4) is 0 Å². The van der Waals surface area contributed by atoms with Crippen molar-refractivity contribution >= 4 is 27.8 Å². The molecule has 1 N–H and O–H groups in total. The number of carbonyl (C=O) groups is 2.